The summed E-state index contributed by atoms with van der Waals surface area (Å²) in [5.74, 6) is 0. The standard InChI is InChI=1S/C11H21FN2/c1-9(2)13-5-6-14-7-10(12)3-4-11(14)8-13/h9-11H,3-8H2,1-2H3/t10-,11+/m1/s1. The third kappa shape index (κ3) is 2.09. The first-order valence-corrected chi connectivity index (χ1v) is 5.79. The molecule has 2 aliphatic heterocycles. The summed E-state index contributed by atoms with van der Waals surface area (Å²) in [7, 11) is 0. The maximum Gasteiger partial charge on any atom is 0.113 e. The van der Waals surface area contributed by atoms with Gasteiger partial charge in [0.25, 0.3) is 0 Å². The van der Waals surface area contributed by atoms with Gasteiger partial charge in [-0.25, -0.2) is 4.39 Å². The van der Waals surface area contributed by atoms with Crippen LogP contribution in [0.2, 0.25) is 0 Å². The fourth-order valence-corrected chi connectivity index (χ4v) is 2.62. The highest BCUT2D eigenvalue weighted by atomic mass is 19.1. The summed E-state index contributed by atoms with van der Waals surface area (Å²) in [6.45, 7) is 8.48. The van der Waals surface area contributed by atoms with E-state index in [1.54, 1.807) is 0 Å². The summed E-state index contributed by atoms with van der Waals surface area (Å²) >= 11 is 0. The summed E-state index contributed by atoms with van der Waals surface area (Å²) in [6.07, 6.45) is 1.24. The van der Waals surface area contributed by atoms with Gasteiger partial charge >= 0.3 is 0 Å². The first kappa shape index (κ1) is 10.4. The van der Waals surface area contributed by atoms with Crippen LogP contribution in [-0.2, 0) is 0 Å². The van der Waals surface area contributed by atoms with Crippen LogP contribution in [0.15, 0.2) is 0 Å². The smallest absolute Gasteiger partial charge is 0.113 e. The lowest BCUT2D eigenvalue weighted by atomic mass is 9.98. The second-order valence-corrected chi connectivity index (χ2v) is 4.91. The Morgan fingerprint density at radius 1 is 1.14 bits per heavy atom. The highest BCUT2D eigenvalue weighted by Gasteiger charge is 2.33. The van der Waals surface area contributed by atoms with Crippen molar-refractivity contribution in [1.82, 2.24) is 9.80 Å². The zero-order valence-corrected chi connectivity index (χ0v) is 9.25. The third-order valence-corrected chi connectivity index (χ3v) is 3.61. The molecule has 0 aromatic heterocycles. The zero-order valence-electron chi connectivity index (χ0n) is 9.25. The van der Waals surface area contributed by atoms with Crippen molar-refractivity contribution in [2.24, 2.45) is 0 Å². The zero-order chi connectivity index (χ0) is 10.1. The van der Waals surface area contributed by atoms with Crippen LogP contribution in [-0.4, -0.2) is 54.2 Å². The van der Waals surface area contributed by atoms with Crippen LogP contribution >= 0.6 is 0 Å². The number of rotatable bonds is 1. The summed E-state index contributed by atoms with van der Waals surface area (Å²) in [5.41, 5.74) is 0. The molecule has 0 spiro atoms. The average Bonchev–Trinajstić information content (AvgIpc) is 2.16. The number of halogens is 1. The van der Waals surface area contributed by atoms with Gasteiger partial charge < -0.3 is 0 Å². The summed E-state index contributed by atoms with van der Waals surface area (Å²) in [6, 6.07) is 1.26. The van der Waals surface area contributed by atoms with Gasteiger partial charge in [0.1, 0.15) is 6.17 Å². The molecule has 2 atom stereocenters. The lowest BCUT2D eigenvalue weighted by Crippen LogP contribution is -2.58. The Bertz CT molecular complexity index is 196. The normalized spacial score (nSPS) is 36.0. The molecule has 82 valence electrons. The van der Waals surface area contributed by atoms with Crippen LogP contribution in [0.25, 0.3) is 0 Å². The van der Waals surface area contributed by atoms with Gasteiger partial charge in [-0.05, 0) is 26.7 Å². The average molecular weight is 200 g/mol. The van der Waals surface area contributed by atoms with E-state index in [9.17, 15) is 4.39 Å². The molecule has 0 bridgehead atoms. The fourth-order valence-electron chi connectivity index (χ4n) is 2.62. The van der Waals surface area contributed by atoms with Crippen LogP contribution in [0.3, 0.4) is 0 Å². The lowest BCUT2D eigenvalue weighted by molar-refractivity contribution is 0.00799. The molecule has 0 N–H and O–H groups in total. The van der Waals surface area contributed by atoms with Crippen molar-refractivity contribution in [2.75, 3.05) is 26.2 Å². The fraction of sp³-hybridized carbons (Fsp3) is 1.00. The van der Waals surface area contributed by atoms with E-state index in [1.165, 1.54) is 0 Å². The van der Waals surface area contributed by atoms with Crippen LogP contribution < -0.4 is 0 Å². The van der Waals surface area contributed by atoms with Crippen molar-refractivity contribution >= 4 is 0 Å². The lowest BCUT2D eigenvalue weighted by Gasteiger charge is -2.46. The van der Waals surface area contributed by atoms with E-state index in [2.05, 4.69) is 23.6 Å². The minimum Gasteiger partial charge on any atom is -0.298 e. The molecular weight excluding hydrogens is 179 g/mol. The Balaban J connectivity index is 1.91. The van der Waals surface area contributed by atoms with Crippen molar-refractivity contribution in [1.29, 1.82) is 0 Å². The topological polar surface area (TPSA) is 6.48 Å². The molecule has 2 nitrogen and oxygen atoms in total. The number of hydrogen-bond acceptors (Lipinski definition) is 2. The molecular formula is C11H21FN2. The van der Waals surface area contributed by atoms with Crippen LogP contribution in [0.4, 0.5) is 4.39 Å². The minimum absolute atomic E-state index is 0.572. The van der Waals surface area contributed by atoms with Gasteiger partial charge in [-0.3, -0.25) is 9.80 Å². The molecule has 0 amide bonds. The predicted molar refractivity (Wildman–Crippen MR) is 56.2 cm³/mol. The van der Waals surface area contributed by atoms with Gasteiger partial charge in [-0.2, -0.15) is 0 Å². The van der Waals surface area contributed by atoms with E-state index < -0.39 is 6.17 Å². The number of alkyl halides is 1. The molecule has 2 saturated heterocycles. The molecule has 2 aliphatic rings. The van der Waals surface area contributed by atoms with Crippen LogP contribution in [0.1, 0.15) is 26.7 Å². The van der Waals surface area contributed by atoms with E-state index in [1.807, 2.05) is 0 Å². The molecule has 0 aliphatic carbocycles. The van der Waals surface area contributed by atoms with Gasteiger partial charge in [0.05, 0.1) is 0 Å². The number of hydrogen-bond donors (Lipinski definition) is 0. The Labute approximate surface area is 86.1 Å². The van der Waals surface area contributed by atoms with Gasteiger partial charge in [0.15, 0.2) is 0 Å². The first-order chi connectivity index (χ1) is 6.66. The van der Waals surface area contributed by atoms with Crippen LogP contribution in [0, 0.1) is 0 Å². The van der Waals surface area contributed by atoms with Gasteiger partial charge in [-0.15, -0.1) is 0 Å². The molecule has 0 unspecified atom stereocenters. The van der Waals surface area contributed by atoms with E-state index in [0.717, 1.165) is 32.5 Å². The maximum absolute atomic E-state index is 13.2. The summed E-state index contributed by atoms with van der Waals surface area (Å²) in [4.78, 5) is 4.85. The van der Waals surface area contributed by atoms with Crippen molar-refractivity contribution in [3.63, 3.8) is 0 Å². The Kier molecular flexibility index (Phi) is 3.07. The van der Waals surface area contributed by atoms with Crippen LogP contribution in [0.5, 0.6) is 0 Å². The van der Waals surface area contributed by atoms with Crippen molar-refractivity contribution in [2.45, 2.75) is 44.9 Å². The molecule has 0 radical (unpaired) electrons. The molecule has 2 rings (SSSR count). The summed E-state index contributed by atoms with van der Waals surface area (Å²) in [5, 5.41) is 0. The van der Waals surface area contributed by atoms with Crippen molar-refractivity contribution < 1.29 is 4.39 Å². The number of nitrogens with zero attached hydrogens (tertiary/aromatic N) is 2. The van der Waals surface area contributed by atoms with Gasteiger partial charge in [0, 0.05) is 38.3 Å². The summed E-state index contributed by atoms with van der Waals surface area (Å²) < 4.78 is 13.2. The largest absolute Gasteiger partial charge is 0.298 e. The Morgan fingerprint density at radius 3 is 2.64 bits per heavy atom. The monoisotopic (exact) mass is 200 g/mol. The van der Waals surface area contributed by atoms with Gasteiger partial charge in [0.2, 0.25) is 0 Å². The number of fused-ring (bicyclic) bond motifs is 1. The second-order valence-electron chi connectivity index (χ2n) is 4.91. The molecule has 0 aromatic rings. The Hall–Kier alpha value is -0.150. The maximum atomic E-state index is 13.2. The predicted octanol–water partition coefficient (Wildman–Crippen LogP) is 1.51. The molecule has 0 saturated carbocycles. The van der Waals surface area contributed by atoms with E-state index >= 15 is 0 Å². The molecule has 3 heteroatoms. The highest BCUT2D eigenvalue weighted by Crippen LogP contribution is 2.23. The molecule has 2 heterocycles. The quantitative estimate of drug-likeness (QED) is 0.633. The van der Waals surface area contributed by atoms with E-state index in [0.29, 0.717) is 18.6 Å². The van der Waals surface area contributed by atoms with E-state index in [-0.39, 0.29) is 0 Å². The molecule has 2 fully saturated rings. The second kappa shape index (κ2) is 4.15. The SMILES string of the molecule is CC(C)N1CCN2C[C@H](F)CC[C@H]2C1. The van der Waals surface area contributed by atoms with E-state index in [4.69, 9.17) is 0 Å². The van der Waals surface area contributed by atoms with Crippen molar-refractivity contribution in [3.8, 4) is 0 Å². The highest BCUT2D eigenvalue weighted by molar-refractivity contribution is 4.88. The third-order valence-electron chi connectivity index (χ3n) is 3.61. The molecule has 14 heavy (non-hydrogen) atoms. The number of piperidine rings is 1. The minimum atomic E-state index is -0.572. The molecule has 0 aromatic carbocycles. The van der Waals surface area contributed by atoms with Gasteiger partial charge in [-0.1, -0.05) is 0 Å². The van der Waals surface area contributed by atoms with Crippen molar-refractivity contribution in [3.05, 3.63) is 0 Å². The number of piperazine rings is 1. The Morgan fingerprint density at radius 2 is 1.93 bits per heavy atom. The first-order valence-electron chi connectivity index (χ1n) is 5.79.